The van der Waals surface area contributed by atoms with E-state index in [4.69, 9.17) is 18.9 Å². The molecule has 1 N–H and O–H groups in total. The van der Waals surface area contributed by atoms with Crippen LogP contribution in [0.2, 0.25) is 0 Å². The first-order valence-corrected chi connectivity index (χ1v) is 10.7. The van der Waals surface area contributed by atoms with Crippen molar-refractivity contribution in [3.63, 3.8) is 0 Å². The highest BCUT2D eigenvalue weighted by Gasteiger charge is 2.19. The molecule has 1 aliphatic rings. The lowest BCUT2D eigenvalue weighted by Gasteiger charge is -2.27. The van der Waals surface area contributed by atoms with Crippen molar-refractivity contribution < 1.29 is 23.7 Å². The van der Waals surface area contributed by atoms with Gasteiger partial charge in [-0.15, -0.1) is 0 Å². The third-order valence-electron chi connectivity index (χ3n) is 5.64. The van der Waals surface area contributed by atoms with Gasteiger partial charge < -0.3 is 28.8 Å². The number of aromatic amines is 1. The Morgan fingerprint density at radius 1 is 1.09 bits per heavy atom. The lowest BCUT2D eigenvalue weighted by molar-refractivity contribution is -0.137. The number of morpholine rings is 1. The molecule has 0 spiro atoms. The summed E-state index contributed by atoms with van der Waals surface area (Å²) >= 11 is 0. The molecule has 0 radical (unpaired) electrons. The van der Waals surface area contributed by atoms with Gasteiger partial charge in [0.05, 0.1) is 33.0 Å². The van der Waals surface area contributed by atoms with E-state index in [9.17, 15) is 9.59 Å². The van der Waals surface area contributed by atoms with E-state index in [0.29, 0.717) is 60.3 Å². The zero-order valence-corrected chi connectivity index (χ0v) is 19.2. The Balaban J connectivity index is 1.63. The van der Waals surface area contributed by atoms with E-state index in [1.807, 2.05) is 26.0 Å². The molecule has 1 saturated heterocycles. The Kier molecular flexibility index (Phi) is 6.50. The average molecular weight is 453 g/mol. The summed E-state index contributed by atoms with van der Waals surface area (Å²) < 4.78 is 21.8. The minimum absolute atomic E-state index is 0.0360. The van der Waals surface area contributed by atoms with Gasteiger partial charge in [0.2, 0.25) is 0 Å². The highest BCUT2D eigenvalue weighted by Crippen LogP contribution is 2.31. The lowest BCUT2D eigenvalue weighted by atomic mass is 10.0. The normalized spacial score (nSPS) is 13.8. The van der Waals surface area contributed by atoms with Gasteiger partial charge in [0, 0.05) is 30.8 Å². The minimum Gasteiger partial charge on any atom is -0.497 e. The number of benzene rings is 2. The molecule has 33 heavy (non-hydrogen) atoms. The fourth-order valence-electron chi connectivity index (χ4n) is 3.98. The van der Waals surface area contributed by atoms with E-state index in [0.717, 1.165) is 16.7 Å². The van der Waals surface area contributed by atoms with Crippen molar-refractivity contribution in [2.75, 3.05) is 47.1 Å². The van der Waals surface area contributed by atoms with Gasteiger partial charge in [-0.1, -0.05) is 0 Å². The average Bonchev–Trinajstić information content (AvgIpc) is 2.82. The summed E-state index contributed by atoms with van der Waals surface area (Å²) in [4.78, 5) is 34.5. The molecule has 1 amide bonds. The van der Waals surface area contributed by atoms with E-state index in [1.165, 1.54) is 7.11 Å². The maximum Gasteiger partial charge on any atom is 0.262 e. The van der Waals surface area contributed by atoms with Gasteiger partial charge in [0.15, 0.2) is 6.61 Å². The van der Waals surface area contributed by atoms with Crippen LogP contribution >= 0.6 is 0 Å². The molecule has 1 fully saturated rings. The number of nitrogens with zero attached hydrogens (tertiary/aromatic N) is 2. The topological polar surface area (TPSA) is 103 Å². The first kappa shape index (κ1) is 22.6. The Hall–Kier alpha value is -3.59. The van der Waals surface area contributed by atoms with Crippen LogP contribution in [0.25, 0.3) is 22.3 Å². The van der Waals surface area contributed by atoms with E-state index in [1.54, 1.807) is 24.1 Å². The van der Waals surface area contributed by atoms with Crippen LogP contribution in [0.15, 0.2) is 29.1 Å². The maximum atomic E-state index is 12.8. The molecule has 0 aliphatic carbocycles. The number of aryl methyl sites for hydroxylation is 2. The van der Waals surface area contributed by atoms with Crippen LogP contribution in [-0.2, 0) is 9.53 Å². The van der Waals surface area contributed by atoms with Crippen LogP contribution in [0.4, 0.5) is 0 Å². The van der Waals surface area contributed by atoms with Crippen LogP contribution in [0, 0.1) is 13.8 Å². The summed E-state index contributed by atoms with van der Waals surface area (Å²) in [6.45, 7) is 6.02. The number of rotatable bonds is 6. The molecule has 2 heterocycles. The summed E-state index contributed by atoms with van der Waals surface area (Å²) in [6, 6.07) is 7.11. The van der Waals surface area contributed by atoms with Crippen LogP contribution in [0.5, 0.6) is 17.2 Å². The SMILES string of the molecule is COc1cc(OC)c2c(=O)[nH]c(-c3cc(C)c(OCC(=O)N4CCOCC4)c(C)c3)nc2c1. The predicted molar refractivity (Wildman–Crippen MR) is 123 cm³/mol. The minimum atomic E-state index is -0.304. The summed E-state index contributed by atoms with van der Waals surface area (Å²) in [5, 5.41) is 0.358. The Bertz CT molecular complexity index is 1220. The largest absolute Gasteiger partial charge is 0.497 e. The molecule has 4 rings (SSSR count). The van der Waals surface area contributed by atoms with Gasteiger partial charge >= 0.3 is 0 Å². The third kappa shape index (κ3) is 4.63. The zero-order chi connectivity index (χ0) is 23.5. The molecule has 1 aliphatic heterocycles. The Morgan fingerprint density at radius 2 is 1.79 bits per heavy atom. The summed E-state index contributed by atoms with van der Waals surface area (Å²) in [5.74, 6) is 1.94. The number of hydrogen-bond acceptors (Lipinski definition) is 7. The van der Waals surface area contributed by atoms with Crippen LogP contribution in [0.3, 0.4) is 0 Å². The number of carbonyl (C=O) groups excluding carboxylic acids is 1. The first-order chi connectivity index (χ1) is 15.9. The summed E-state index contributed by atoms with van der Waals surface area (Å²) in [5.41, 5.74) is 2.58. The highest BCUT2D eigenvalue weighted by molar-refractivity contribution is 5.87. The third-order valence-corrected chi connectivity index (χ3v) is 5.64. The predicted octanol–water partition coefficient (Wildman–Crippen LogP) is 2.46. The van der Waals surface area contributed by atoms with E-state index in [-0.39, 0.29) is 18.1 Å². The van der Waals surface area contributed by atoms with Gasteiger partial charge in [-0.25, -0.2) is 4.98 Å². The maximum absolute atomic E-state index is 12.8. The molecule has 0 bridgehead atoms. The number of fused-ring (bicyclic) bond motifs is 1. The Labute approximate surface area is 191 Å². The summed E-state index contributed by atoms with van der Waals surface area (Å²) in [6.07, 6.45) is 0. The number of ether oxygens (including phenoxy) is 4. The smallest absolute Gasteiger partial charge is 0.262 e. The lowest BCUT2D eigenvalue weighted by Crippen LogP contribution is -2.43. The van der Waals surface area contributed by atoms with Crippen molar-refractivity contribution in [2.45, 2.75) is 13.8 Å². The van der Waals surface area contributed by atoms with Crippen molar-refractivity contribution in [1.29, 1.82) is 0 Å². The molecular formula is C24H27N3O6. The van der Waals surface area contributed by atoms with Crippen LogP contribution in [0.1, 0.15) is 11.1 Å². The molecule has 1 aromatic heterocycles. The molecular weight excluding hydrogens is 426 g/mol. The highest BCUT2D eigenvalue weighted by atomic mass is 16.5. The van der Waals surface area contributed by atoms with Crippen molar-refractivity contribution in [2.24, 2.45) is 0 Å². The van der Waals surface area contributed by atoms with Crippen LogP contribution < -0.4 is 19.8 Å². The van der Waals surface area contributed by atoms with E-state index < -0.39 is 0 Å². The summed E-state index contributed by atoms with van der Waals surface area (Å²) in [7, 11) is 3.04. The fourth-order valence-corrected chi connectivity index (χ4v) is 3.98. The fraction of sp³-hybridized carbons (Fsp3) is 0.375. The van der Waals surface area contributed by atoms with Gasteiger partial charge in [-0.05, 0) is 37.1 Å². The number of amides is 1. The van der Waals surface area contributed by atoms with Gasteiger partial charge in [0.25, 0.3) is 11.5 Å². The van der Waals surface area contributed by atoms with E-state index in [2.05, 4.69) is 9.97 Å². The zero-order valence-electron chi connectivity index (χ0n) is 19.2. The number of carbonyl (C=O) groups is 1. The van der Waals surface area contributed by atoms with Crippen molar-refractivity contribution in [3.05, 3.63) is 45.7 Å². The van der Waals surface area contributed by atoms with Gasteiger partial charge in [0.1, 0.15) is 28.5 Å². The number of aromatic nitrogens is 2. The van der Waals surface area contributed by atoms with Crippen LogP contribution in [-0.4, -0.2) is 67.9 Å². The molecule has 0 unspecified atom stereocenters. The molecule has 174 valence electrons. The van der Waals surface area contributed by atoms with Crippen molar-refractivity contribution >= 4 is 16.8 Å². The van der Waals surface area contributed by atoms with Crippen molar-refractivity contribution in [1.82, 2.24) is 14.9 Å². The van der Waals surface area contributed by atoms with Crippen molar-refractivity contribution in [3.8, 4) is 28.6 Å². The molecule has 0 saturated carbocycles. The van der Waals surface area contributed by atoms with E-state index >= 15 is 0 Å². The monoisotopic (exact) mass is 453 g/mol. The number of H-pyrrole nitrogens is 1. The number of methoxy groups -OCH3 is 2. The molecule has 9 heteroatoms. The standard InChI is InChI=1S/C24H27N3O6/c1-14-9-16(10-15(2)22(14)33-13-20(28)27-5-7-32-8-6-27)23-25-18-11-17(30-3)12-19(31-4)21(18)24(29)26-23/h9-12H,5-8,13H2,1-4H3,(H,25,26,29). The molecule has 9 nitrogen and oxygen atoms in total. The molecule has 0 atom stereocenters. The second-order valence-corrected chi connectivity index (χ2v) is 7.86. The van der Waals surface area contributed by atoms with Gasteiger partial charge in [-0.2, -0.15) is 0 Å². The number of nitrogens with one attached hydrogen (secondary N) is 1. The first-order valence-electron chi connectivity index (χ1n) is 10.7. The molecule has 2 aromatic carbocycles. The molecule has 3 aromatic rings. The number of hydrogen-bond donors (Lipinski definition) is 1. The second kappa shape index (κ2) is 9.50. The Morgan fingerprint density at radius 3 is 2.42 bits per heavy atom. The second-order valence-electron chi connectivity index (χ2n) is 7.86. The quantitative estimate of drug-likeness (QED) is 0.612. The van der Waals surface area contributed by atoms with Gasteiger partial charge in [-0.3, -0.25) is 9.59 Å².